The summed E-state index contributed by atoms with van der Waals surface area (Å²) in [6, 6.07) is 11.5. The molecule has 3 N–H and O–H groups in total. The molecule has 1 aliphatic carbocycles. The molecule has 0 radical (unpaired) electrons. The van der Waals surface area contributed by atoms with E-state index >= 15 is 0 Å². The molecule has 1 heterocycles. The molecule has 1 aromatic heterocycles. The van der Waals surface area contributed by atoms with E-state index in [1.54, 1.807) is 22.5 Å². The zero-order valence-corrected chi connectivity index (χ0v) is 11.9. The van der Waals surface area contributed by atoms with E-state index < -0.39 is 0 Å². The standard InChI is InChI=1S/C16H20N2S/c17-18-15(11-16-5-2-8-19-16)10-12-6-7-13-3-1-4-14(13)9-12/h2,5-9,15,18H,1,3-4,10-11,17H2. The average Bonchev–Trinajstić information content (AvgIpc) is 3.08. The van der Waals surface area contributed by atoms with Crippen molar-refractivity contribution in [3.8, 4) is 0 Å². The molecule has 2 nitrogen and oxygen atoms in total. The van der Waals surface area contributed by atoms with Gasteiger partial charge in [0.15, 0.2) is 0 Å². The molecule has 0 saturated heterocycles. The first kappa shape index (κ1) is 12.9. The van der Waals surface area contributed by atoms with Crippen molar-refractivity contribution in [2.24, 2.45) is 5.84 Å². The lowest BCUT2D eigenvalue weighted by Gasteiger charge is -2.15. The van der Waals surface area contributed by atoms with Gasteiger partial charge in [0, 0.05) is 10.9 Å². The Morgan fingerprint density at radius 2 is 2.05 bits per heavy atom. The van der Waals surface area contributed by atoms with Gasteiger partial charge in [-0.05, 0) is 60.2 Å². The van der Waals surface area contributed by atoms with Crippen LogP contribution in [0.5, 0.6) is 0 Å². The van der Waals surface area contributed by atoms with Gasteiger partial charge in [-0.1, -0.05) is 24.3 Å². The van der Waals surface area contributed by atoms with E-state index in [0.29, 0.717) is 6.04 Å². The number of hydrazine groups is 1. The number of nitrogens with one attached hydrogen (secondary N) is 1. The molecule has 0 fully saturated rings. The first-order valence-corrected chi connectivity index (χ1v) is 7.82. The monoisotopic (exact) mass is 272 g/mol. The molecular weight excluding hydrogens is 252 g/mol. The molecule has 1 aromatic carbocycles. The SMILES string of the molecule is NNC(Cc1ccc2c(c1)CCC2)Cc1cccs1. The van der Waals surface area contributed by atoms with Crippen molar-refractivity contribution < 1.29 is 0 Å². The molecule has 0 spiro atoms. The molecular formula is C16H20N2S. The molecule has 100 valence electrons. The molecule has 1 atom stereocenters. The van der Waals surface area contributed by atoms with Gasteiger partial charge >= 0.3 is 0 Å². The van der Waals surface area contributed by atoms with E-state index in [0.717, 1.165) is 12.8 Å². The number of rotatable bonds is 5. The van der Waals surface area contributed by atoms with Crippen LogP contribution in [0.1, 0.15) is 28.0 Å². The van der Waals surface area contributed by atoms with Crippen LogP contribution >= 0.6 is 11.3 Å². The van der Waals surface area contributed by atoms with Crippen LogP contribution in [0.4, 0.5) is 0 Å². The molecule has 2 aromatic rings. The first-order chi connectivity index (χ1) is 9.35. The fourth-order valence-electron chi connectivity index (χ4n) is 2.90. The summed E-state index contributed by atoms with van der Waals surface area (Å²) in [6.07, 6.45) is 5.82. The van der Waals surface area contributed by atoms with Crippen LogP contribution in [-0.4, -0.2) is 6.04 Å². The van der Waals surface area contributed by atoms with Gasteiger partial charge in [0.1, 0.15) is 0 Å². The van der Waals surface area contributed by atoms with Gasteiger partial charge in [-0.3, -0.25) is 11.3 Å². The van der Waals surface area contributed by atoms with E-state index in [1.165, 1.54) is 29.7 Å². The van der Waals surface area contributed by atoms with Gasteiger partial charge < -0.3 is 0 Å². The Bertz CT molecular complexity index is 534. The van der Waals surface area contributed by atoms with Gasteiger partial charge in [-0.15, -0.1) is 11.3 Å². The second-order valence-electron chi connectivity index (χ2n) is 5.31. The lowest BCUT2D eigenvalue weighted by molar-refractivity contribution is 0.525. The van der Waals surface area contributed by atoms with Crippen LogP contribution < -0.4 is 11.3 Å². The maximum atomic E-state index is 5.70. The largest absolute Gasteiger partial charge is 0.271 e. The molecule has 3 rings (SSSR count). The van der Waals surface area contributed by atoms with Crippen LogP contribution in [0.3, 0.4) is 0 Å². The van der Waals surface area contributed by atoms with E-state index in [9.17, 15) is 0 Å². The maximum absolute atomic E-state index is 5.70. The lowest BCUT2D eigenvalue weighted by atomic mass is 9.99. The molecule has 0 aliphatic heterocycles. The summed E-state index contributed by atoms with van der Waals surface area (Å²) >= 11 is 1.80. The minimum Gasteiger partial charge on any atom is -0.271 e. The number of hydrogen-bond donors (Lipinski definition) is 2. The summed E-state index contributed by atoms with van der Waals surface area (Å²) in [5, 5.41) is 2.12. The Labute approximate surface area is 118 Å². The van der Waals surface area contributed by atoms with Crippen molar-refractivity contribution in [3.05, 3.63) is 57.3 Å². The molecule has 3 heteroatoms. The Morgan fingerprint density at radius 3 is 2.84 bits per heavy atom. The third-order valence-corrected chi connectivity index (χ3v) is 4.81. The van der Waals surface area contributed by atoms with Gasteiger partial charge in [0.05, 0.1) is 0 Å². The summed E-state index contributed by atoms with van der Waals surface area (Å²) in [6.45, 7) is 0. The normalized spacial score (nSPS) is 15.4. The van der Waals surface area contributed by atoms with Gasteiger partial charge in [-0.2, -0.15) is 0 Å². The van der Waals surface area contributed by atoms with Crippen molar-refractivity contribution in [2.75, 3.05) is 0 Å². The van der Waals surface area contributed by atoms with E-state index in [4.69, 9.17) is 5.84 Å². The maximum Gasteiger partial charge on any atom is 0.0299 e. The van der Waals surface area contributed by atoms with Gasteiger partial charge in [-0.25, -0.2) is 0 Å². The number of aryl methyl sites for hydroxylation is 2. The van der Waals surface area contributed by atoms with E-state index in [2.05, 4.69) is 41.1 Å². The van der Waals surface area contributed by atoms with E-state index in [-0.39, 0.29) is 0 Å². The molecule has 0 amide bonds. The first-order valence-electron chi connectivity index (χ1n) is 6.94. The zero-order valence-electron chi connectivity index (χ0n) is 11.1. The fraction of sp³-hybridized carbons (Fsp3) is 0.375. The molecule has 1 aliphatic rings. The Morgan fingerprint density at radius 1 is 1.16 bits per heavy atom. The second-order valence-corrected chi connectivity index (χ2v) is 6.34. The van der Waals surface area contributed by atoms with Crippen LogP contribution in [0.2, 0.25) is 0 Å². The predicted molar refractivity (Wildman–Crippen MR) is 81.3 cm³/mol. The van der Waals surface area contributed by atoms with Gasteiger partial charge in [0.2, 0.25) is 0 Å². The summed E-state index contributed by atoms with van der Waals surface area (Å²) < 4.78 is 0. The minimum atomic E-state index is 0.318. The molecule has 0 saturated carbocycles. The Hall–Kier alpha value is -1.16. The van der Waals surface area contributed by atoms with Gasteiger partial charge in [0.25, 0.3) is 0 Å². The second kappa shape index (κ2) is 5.87. The summed E-state index contributed by atoms with van der Waals surface area (Å²) in [5.74, 6) is 5.70. The third kappa shape index (κ3) is 3.06. The van der Waals surface area contributed by atoms with Crippen molar-refractivity contribution in [2.45, 2.75) is 38.1 Å². The van der Waals surface area contributed by atoms with Crippen LogP contribution in [0.25, 0.3) is 0 Å². The zero-order chi connectivity index (χ0) is 13.1. The lowest BCUT2D eigenvalue weighted by Crippen LogP contribution is -2.38. The van der Waals surface area contributed by atoms with Crippen LogP contribution in [0.15, 0.2) is 35.7 Å². The number of fused-ring (bicyclic) bond motifs is 1. The highest BCUT2D eigenvalue weighted by Gasteiger charge is 2.14. The van der Waals surface area contributed by atoms with Crippen molar-refractivity contribution in [3.63, 3.8) is 0 Å². The molecule has 19 heavy (non-hydrogen) atoms. The summed E-state index contributed by atoms with van der Waals surface area (Å²) in [7, 11) is 0. The molecule has 1 unspecified atom stereocenters. The smallest absolute Gasteiger partial charge is 0.0299 e. The quantitative estimate of drug-likeness (QED) is 0.649. The fourth-order valence-corrected chi connectivity index (χ4v) is 3.68. The molecule has 0 bridgehead atoms. The highest BCUT2D eigenvalue weighted by atomic mass is 32.1. The van der Waals surface area contributed by atoms with E-state index in [1.807, 2.05) is 0 Å². The highest BCUT2D eigenvalue weighted by molar-refractivity contribution is 7.09. The highest BCUT2D eigenvalue weighted by Crippen LogP contribution is 2.23. The summed E-state index contributed by atoms with van der Waals surface area (Å²) in [5.41, 5.74) is 7.45. The summed E-state index contributed by atoms with van der Waals surface area (Å²) in [4.78, 5) is 1.39. The van der Waals surface area contributed by atoms with Crippen LogP contribution in [0, 0.1) is 0 Å². The van der Waals surface area contributed by atoms with Crippen LogP contribution in [-0.2, 0) is 25.7 Å². The third-order valence-electron chi connectivity index (χ3n) is 3.91. The number of nitrogens with two attached hydrogens (primary N) is 1. The Balaban J connectivity index is 1.68. The average molecular weight is 272 g/mol. The number of hydrogen-bond acceptors (Lipinski definition) is 3. The van der Waals surface area contributed by atoms with Crippen molar-refractivity contribution in [1.29, 1.82) is 0 Å². The number of benzene rings is 1. The predicted octanol–water partition coefficient (Wildman–Crippen LogP) is 2.85. The minimum absolute atomic E-state index is 0.318. The topological polar surface area (TPSA) is 38.0 Å². The number of thiophene rings is 1. The Kier molecular flexibility index (Phi) is 3.97. The van der Waals surface area contributed by atoms with Crippen molar-refractivity contribution in [1.82, 2.24) is 5.43 Å². The van der Waals surface area contributed by atoms with Crippen molar-refractivity contribution >= 4 is 11.3 Å².